The average Bonchev–Trinajstić information content (AvgIpc) is 3.49. The number of carbonyl (C=O) groups is 4. The first kappa shape index (κ1) is 33.3. The van der Waals surface area contributed by atoms with Gasteiger partial charge in [-0.25, -0.2) is 9.59 Å². The quantitative estimate of drug-likeness (QED) is 0.328. The number of hydrogen-bond acceptors (Lipinski definition) is 9. The van der Waals surface area contributed by atoms with Gasteiger partial charge in [-0.05, 0) is 69.4 Å². The number of nitrogens with zero attached hydrogens (tertiary/aromatic N) is 5. The molecule has 2 fully saturated rings. The predicted octanol–water partition coefficient (Wildman–Crippen LogP) is 4.58. The number of ether oxygens (including phenoxy) is 1. The van der Waals surface area contributed by atoms with Crippen molar-refractivity contribution in [2.24, 2.45) is 5.92 Å². The van der Waals surface area contributed by atoms with E-state index in [9.17, 15) is 24.3 Å². The Morgan fingerprint density at radius 2 is 1.85 bits per heavy atom. The first-order valence-corrected chi connectivity index (χ1v) is 17.2. The summed E-state index contributed by atoms with van der Waals surface area (Å²) in [6.45, 7) is 5.30. The van der Waals surface area contributed by atoms with Crippen molar-refractivity contribution in [3.05, 3.63) is 54.6 Å². The van der Waals surface area contributed by atoms with Crippen molar-refractivity contribution in [1.29, 1.82) is 0 Å². The third kappa shape index (κ3) is 7.28. The van der Waals surface area contributed by atoms with E-state index in [2.05, 4.69) is 26.0 Å². The zero-order valence-electron chi connectivity index (χ0n) is 27.3. The summed E-state index contributed by atoms with van der Waals surface area (Å²) in [5.74, 6) is -2.04. The fourth-order valence-electron chi connectivity index (χ4n) is 6.39. The van der Waals surface area contributed by atoms with Gasteiger partial charge in [0, 0.05) is 23.8 Å². The minimum absolute atomic E-state index is 0.0718. The van der Waals surface area contributed by atoms with E-state index in [4.69, 9.17) is 4.74 Å². The lowest BCUT2D eigenvalue weighted by Crippen LogP contribution is -2.56. The number of amides is 3. The molecule has 3 aliphatic rings. The number of allylic oxidation sites excluding steroid dienone is 1. The molecule has 5 atom stereocenters. The van der Waals surface area contributed by atoms with Gasteiger partial charge in [-0.1, -0.05) is 55.3 Å². The number of rotatable bonds is 5. The molecular formula is C34H41N7O6S. The van der Waals surface area contributed by atoms with E-state index in [-0.39, 0.29) is 25.3 Å². The van der Waals surface area contributed by atoms with E-state index in [1.165, 1.54) is 21.0 Å². The molecule has 0 bridgehead atoms. The number of fused-ring (bicyclic) bond motifs is 2. The summed E-state index contributed by atoms with van der Waals surface area (Å²) < 4.78 is 5.47. The molecule has 2 aromatic heterocycles. The van der Waals surface area contributed by atoms with E-state index in [0.29, 0.717) is 18.7 Å². The second-order valence-electron chi connectivity index (χ2n) is 13.7. The van der Waals surface area contributed by atoms with Crippen molar-refractivity contribution in [1.82, 2.24) is 35.7 Å². The van der Waals surface area contributed by atoms with E-state index in [1.54, 1.807) is 20.8 Å². The number of aromatic nitrogens is 4. The number of alkyl carbamates (subject to hydrolysis) is 1. The van der Waals surface area contributed by atoms with Gasteiger partial charge in [-0.3, -0.25) is 9.59 Å². The lowest BCUT2D eigenvalue weighted by atomic mass is 10.0. The molecule has 3 N–H and O–H groups in total. The summed E-state index contributed by atoms with van der Waals surface area (Å²) in [5, 5.41) is 28.9. The van der Waals surface area contributed by atoms with Gasteiger partial charge in [0.05, 0.1) is 10.9 Å². The molecule has 2 aliphatic heterocycles. The second kappa shape index (κ2) is 13.5. The summed E-state index contributed by atoms with van der Waals surface area (Å²) in [5.41, 5.74) is -1.12. The Hall–Kier alpha value is -4.59. The molecule has 1 aliphatic carbocycles. The molecule has 0 unspecified atom stereocenters. The molecular weight excluding hydrogens is 634 g/mol. The van der Waals surface area contributed by atoms with Gasteiger partial charge in [-0.2, -0.15) is 4.80 Å². The summed E-state index contributed by atoms with van der Waals surface area (Å²) >= 11 is 1.53. The van der Waals surface area contributed by atoms with Gasteiger partial charge in [0.15, 0.2) is 0 Å². The molecule has 14 heteroatoms. The van der Waals surface area contributed by atoms with Crippen molar-refractivity contribution in [3.8, 4) is 21.1 Å². The van der Waals surface area contributed by atoms with Gasteiger partial charge in [0.25, 0.3) is 0 Å². The van der Waals surface area contributed by atoms with Crippen LogP contribution in [0.25, 0.3) is 21.1 Å². The van der Waals surface area contributed by atoms with E-state index >= 15 is 0 Å². The molecule has 4 heterocycles. The van der Waals surface area contributed by atoms with Crippen LogP contribution >= 0.6 is 11.3 Å². The molecule has 13 nitrogen and oxygen atoms in total. The molecule has 6 rings (SSSR count). The first-order chi connectivity index (χ1) is 22.9. The summed E-state index contributed by atoms with van der Waals surface area (Å²) in [6.07, 6.45) is 6.94. The summed E-state index contributed by atoms with van der Waals surface area (Å²) in [7, 11) is 0. The number of benzene rings is 1. The minimum atomic E-state index is -1.43. The fourth-order valence-corrected chi connectivity index (χ4v) is 7.33. The Bertz CT molecular complexity index is 1700. The Kier molecular flexibility index (Phi) is 9.37. The zero-order chi connectivity index (χ0) is 34.1. The third-order valence-corrected chi connectivity index (χ3v) is 10.1. The average molecular weight is 676 g/mol. The number of thiophene rings is 1. The van der Waals surface area contributed by atoms with Crippen LogP contribution < -0.4 is 10.6 Å². The highest BCUT2D eigenvalue weighted by Gasteiger charge is 2.61. The van der Waals surface area contributed by atoms with E-state index in [1.807, 2.05) is 54.6 Å². The maximum atomic E-state index is 14.2. The van der Waals surface area contributed by atoms with Crippen LogP contribution in [0, 0.1) is 5.92 Å². The molecule has 48 heavy (non-hydrogen) atoms. The normalized spacial score (nSPS) is 27.1. The summed E-state index contributed by atoms with van der Waals surface area (Å²) in [6, 6.07) is 11.4. The van der Waals surface area contributed by atoms with Crippen molar-refractivity contribution in [2.75, 3.05) is 6.54 Å². The molecule has 1 saturated carbocycles. The maximum Gasteiger partial charge on any atom is 0.408 e. The van der Waals surface area contributed by atoms with Crippen molar-refractivity contribution in [3.63, 3.8) is 0 Å². The number of carbonyl (C=O) groups excluding carboxylic acids is 3. The van der Waals surface area contributed by atoms with Crippen LogP contribution in [0.4, 0.5) is 4.79 Å². The zero-order valence-corrected chi connectivity index (χ0v) is 28.1. The Morgan fingerprint density at radius 1 is 1.08 bits per heavy atom. The number of tetrazole rings is 1. The third-order valence-electron chi connectivity index (χ3n) is 8.97. The van der Waals surface area contributed by atoms with Crippen molar-refractivity contribution < 1.29 is 29.0 Å². The highest BCUT2D eigenvalue weighted by molar-refractivity contribution is 7.18. The molecule has 0 spiro atoms. The van der Waals surface area contributed by atoms with Gasteiger partial charge < -0.3 is 25.4 Å². The van der Waals surface area contributed by atoms with Gasteiger partial charge in [0.1, 0.15) is 23.2 Å². The smallest absolute Gasteiger partial charge is 0.408 e. The van der Waals surface area contributed by atoms with Crippen LogP contribution in [-0.4, -0.2) is 83.9 Å². The van der Waals surface area contributed by atoms with Crippen LogP contribution in [0.3, 0.4) is 0 Å². The number of carboxylic acids is 1. The van der Waals surface area contributed by atoms with Gasteiger partial charge in [-0.15, -0.1) is 21.5 Å². The van der Waals surface area contributed by atoms with E-state index < -0.39 is 53.1 Å². The van der Waals surface area contributed by atoms with Gasteiger partial charge in [0.2, 0.25) is 17.6 Å². The lowest BCUT2D eigenvalue weighted by Gasteiger charge is -2.30. The highest BCUT2D eigenvalue weighted by atomic mass is 32.1. The SMILES string of the molecule is CC(C)(C)OC(=O)N[C@@H]1CCCCC/C=C\[C@@H]2C[C@]2(C(=O)O)NC(=O)[C@@H]2C[C@H](n3nnc(-c4ccc(-c5ccccc5)s4)n3)CN2C1=O. The monoisotopic (exact) mass is 675 g/mol. The van der Waals surface area contributed by atoms with Crippen molar-refractivity contribution >= 4 is 35.2 Å². The number of aliphatic carboxylic acids is 1. The van der Waals surface area contributed by atoms with Crippen molar-refractivity contribution in [2.45, 2.75) is 95.0 Å². The van der Waals surface area contributed by atoms with Crippen LogP contribution in [-0.2, 0) is 19.1 Å². The molecule has 1 saturated heterocycles. The lowest BCUT2D eigenvalue weighted by molar-refractivity contribution is -0.145. The largest absolute Gasteiger partial charge is 0.479 e. The molecule has 254 valence electrons. The number of carboxylic acid groups (broad SMARTS) is 1. The highest BCUT2D eigenvalue weighted by Crippen LogP contribution is 2.45. The molecule has 3 aromatic rings. The molecule has 1 aromatic carbocycles. The topological polar surface area (TPSA) is 169 Å². The number of hydrogen-bond donors (Lipinski definition) is 3. The Labute approximate surface area is 282 Å². The summed E-state index contributed by atoms with van der Waals surface area (Å²) in [4.78, 5) is 58.1. The molecule has 0 radical (unpaired) electrons. The van der Waals surface area contributed by atoms with Crippen LogP contribution in [0.2, 0.25) is 0 Å². The maximum absolute atomic E-state index is 14.2. The van der Waals surface area contributed by atoms with Crippen LogP contribution in [0.15, 0.2) is 54.6 Å². The minimum Gasteiger partial charge on any atom is -0.479 e. The standard InChI is InChI=1S/C34H41N7O6S/c1-33(2,3)47-32(46)35-24-15-11-6-4-5-10-14-22-19-34(22,31(44)45)36-29(42)25-18-23(20-40(25)30(24)43)41-38-28(37-39-41)27-17-16-26(48-27)21-12-8-7-9-13-21/h7-10,12-14,16-17,22-25H,4-6,11,15,18-20H2,1-3H3,(H,35,46)(H,36,42)(H,44,45)/b14-10-/t22-,23+,24-,25+,34+/m1/s1. The van der Waals surface area contributed by atoms with Gasteiger partial charge >= 0.3 is 12.1 Å². The van der Waals surface area contributed by atoms with Crippen LogP contribution in [0.5, 0.6) is 0 Å². The number of nitrogens with one attached hydrogen (secondary N) is 2. The Morgan fingerprint density at radius 3 is 2.60 bits per heavy atom. The van der Waals surface area contributed by atoms with E-state index in [0.717, 1.165) is 34.6 Å². The second-order valence-corrected chi connectivity index (χ2v) is 14.8. The fraction of sp³-hybridized carbons (Fsp3) is 0.500. The molecule has 3 amide bonds. The first-order valence-electron chi connectivity index (χ1n) is 16.4. The Balaban J connectivity index is 1.27. The predicted molar refractivity (Wildman–Crippen MR) is 178 cm³/mol. The van der Waals surface area contributed by atoms with Crippen LogP contribution in [0.1, 0.15) is 71.8 Å².